The maximum absolute atomic E-state index is 0. The monoisotopic (exact) mass is 114 g/mol. The van der Waals surface area contributed by atoms with Crippen LogP contribution in [-0.2, 0) is 0 Å². The summed E-state index contributed by atoms with van der Waals surface area (Å²) in [4.78, 5) is 0. The molecular weight excluding hydrogens is 106 g/mol. The van der Waals surface area contributed by atoms with Crippen molar-refractivity contribution in [3.8, 4) is 0 Å². The minimum Gasteiger partial charge on any atom is -1.00 e. The van der Waals surface area contributed by atoms with Gasteiger partial charge in [0.2, 0.25) is 0 Å². The third kappa shape index (κ3) is 8.95. The van der Waals surface area contributed by atoms with Crippen molar-refractivity contribution in [2.24, 2.45) is 0 Å². The van der Waals surface area contributed by atoms with Gasteiger partial charge in [-0.25, -0.2) is 0 Å². The van der Waals surface area contributed by atoms with Gasteiger partial charge in [-0.15, -0.1) is 0 Å². The van der Waals surface area contributed by atoms with E-state index in [1.165, 1.54) is 0 Å². The Balaban J connectivity index is 0. The molecule has 0 aromatic rings. The fourth-order valence-corrected chi connectivity index (χ4v) is 0. The summed E-state index contributed by atoms with van der Waals surface area (Å²) in [6.07, 6.45) is 0. The molecule has 0 bridgehead atoms. The van der Waals surface area contributed by atoms with Crippen LogP contribution < -0.4 is 115 Å². The Labute approximate surface area is 114 Å². The predicted octanol–water partition coefficient (Wildman–Crippen LogP) is -5.44. The van der Waals surface area contributed by atoms with Gasteiger partial charge in [0.1, 0.15) is 0 Å². The van der Waals surface area contributed by atoms with Crippen molar-refractivity contribution in [2.75, 3.05) is 0 Å². The average molecular weight is 114 g/mol. The molecule has 0 fully saturated rings. The summed E-state index contributed by atoms with van der Waals surface area (Å²) in [5, 5.41) is 0. The zero-order chi connectivity index (χ0) is 0. The summed E-state index contributed by atoms with van der Waals surface area (Å²) in [5.41, 5.74) is 0. The Morgan fingerprint density at radius 2 is 0.750 bits per heavy atom. The molecule has 20 valence electrons. The molecule has 0 aliphatic rings. The van der Waals surface area contributed by atoms with Gasteiger partial charge in [0.05, 0.1) is 0 Å². The summed E-state index contributed by atoms with van der Waals surface area (Å²) in [6.45, 7) is 0. The molecule has 0 saturated heterocycles. The van der Waals surface area contributed by atoms with Crippen LogP contribution in [0.1, 0.15) is 2.85 Å². The van der Waals surface area contributed by atoms with Crippen LogP contribution in [0.15, 0.2) is 0 Å². The molecule has 0 spiro atoms. The van der Waals surface area contributed by atoms with Crippen molar-refractivity contribution >= 4 is 0 Å². The van der Waals surface area contributed by atoms with Gasteiger partial charge in [-0.1, -0.05) is 0 Å². The van der Waals surface area contributed by atoms with E-state index in [0.717, 1.165) is 0 Å². The van der Waals surface area contributed by atoms with Crippen molar-refractivity contribution < 1.29 is 106 Å². The maximum Gasteiger partial charge on any atom is 1.00 e. The number of hydrogen-bond donors (Lipinski definition) is 2. The Morgan fingerprint density at radius 1 is 0.750 bits per heavy atom. The molecule has 0 aliphatic carbocycles. The van der Waals surface area contributed by atoms with Gasteiger partial charge in [-0.05, 0) is 0 Å². The van der Waals surface area contributed by atoms with Crippen molar-refractivity contribution in [3.05, 3.63) is 0 Å². The van der Waals surface area contributed by atoms with E-state index in [9.17, 15) is 0 Å². The van der Waals surface area contributed by atoms with Gasteiger partial charge in [0, 0.05) is 0 Å². The molecule has 2 nitrogen and oxygen atoms in total. The van der Waals surface area contributed by atoms with Crippen molar-refractivity contribution in [1.29, 1.82) is 0 Å². The van der Waals surface area contributed by atoms with Crippen molar-refractivity contribution in [2.45, 2.75) is 0 Å². The van der Waals surface area contributed by atoms with Gasteiger partial charge in [0.25, 0.3) is 0 Å². The molecule has 0 aromatic carbocycles. The van der Waals surface area contributed by atoms with Crippen molar-refractivity contribution in [3.63, 3.8) is 0 Å². The largest absolute Gasteiger partial charge is 1.00 e. The van der Waals surface area contributed by atoms with Crippen LogP contribution in [0.25, 0.3) is 0 Å². The molecule has 4 heavy (non-hydrogen) atoms. The Hall–Kier alpha value is 3.19. The summed E-state index contributed by atoms with van der Waals surface area (Å²) >= 11 is 0. The van der Waals surface area contributed by atoms with E-state index in [0.29, 0.717) is 0 Å². The van der Waals surface area contributed by atoms with E-state index in [4.69, 9.17) is 0 Å². The summed E-state index contributed by atoms with van der Waals surface area (Å²) in [6, 6.07) is 0. The van der Waals surface area contributed by atoms with Gasteiger partial charge in [-0.2, -0.15) is 0 Å². The topological polar surface area (TPSA) is 70.0 Å². The van der Waals surface area contributed by atoms with E-state index in [1.807, 2.05) is 0 Å². The molecule has 0 saturated carbocycles. The normalized spacial score (nSPS) is 0. The minimum atomic E-state index is 0. The Bertz CT molecular complexity index is 9.51. The SMILES string of the molecule is N.N.[H-].[H-].[K+].[K+]. The molecule has 0 amide bonds. The molecule has 0 unspecified atom stereocenters. The van der Waals surface area contributed by atoms with Crippen LogP contribution in [-0.4, -0.2) is 0 Å². The molecule has 4 heteroatoms. The first-order valence-electron chi connectivity index (χ1n) is 0. The average Bonchev–Trinajstić information content (AvgIpc) is 0. The van der Waals surface area contributed by atoms with E-state index < -0.39 is 0 Å². The summed E-state index contributed by atoms with van der Waals surface area (Å²) < 4.78 is 0. The Kier molecular flexibility index (Phi) is 111. The van der Waals surface area contributed by atoms with E-state index in [1.54, 1.807) is 0 Å². The van der Waals surface area contributed by atoms with Gasteiger partial charge >= 0.3 is 103 Å². The van der Waals surface area contributed by atoms with Crippen molar-refractivity contribution in [1.82, 2.24) is 12.3 Å². The third-order valence-electron chi connectivity index (χ3n) is 0. The maximum atomic E-state index is 0. The minimum absolute atomic E-state index is 0. The first-order valence-corrected chi connectivity index (χ1v) is 0. The second-order valence-corrected chi connectivity index (χ2v) is 0. The van der Waals surface area contributed by atoms with Crippen LogP contribution in [0.2, 0.25) is 0 Å². The number of hydrogen-bond acceptors (Lipinski definition) is 2. The molecule has 0 radical (unpaired) electrons. The van der Waals surface area contributed by atoms with Crippen LogP contribution >= 0.6 is 0 Å². The second-order valence-electron chi connectivity index (χ2n) is 0. The van der Waals surface area contributed by atoms with Crippen LogP contribution in [0, 0.1) is 0 Å². The summed E-state index contributed by atoms with van der Waals surface area (Å²) in [5.74, 6) is 0. The molecule has 0 atom stereocenters. The fourth-order valence-electron chi connectivity index (χ4n) is 0. The molecule has 6 N–H and O–H groups in total. The molecule has 0 aliphatic heterocycles. The number of rotatable bonds is 0. The molecule has 0 aromatic heterocycles. The van der Waals surface area contributed by atoms with E-state index in [2.05, 4.69) is 0 Å². The zero-order valence-corrected chi connectivity index (χ0v) is 9.66. The smallest absolute Gasteiger partial charge is 1.00 e. The van der Waals surface area contributed by atoms with Crippen LogP contribution in [0.3, 0.4) is 0 Å². The summed E-state index contributed by atoms with van der Waals surface area (Å²) in [7, 11) is 0. The molecule has 0 heterocycles. The van der Waals surface area contributed by atoms with E-state index >= 15 is 0 Å². The Morgan fingerprint density at radius 3 is 0.750 bits per heavy atom. The molecule has 0 rings (SSSR count). The predicted molar refractivity (Wildman–Crippen MR) is 12.3 cm³/mol. The third-order valence-corrected chi connectivity index (χ3v) is 0. The van der Waals surface area contributed by atoms with Gasteiger partial charge in [0.15, 0.2) is 0 Å². The second kappa shape index (κ2) is 16.4. The van der Waals surface area contributed by atoms with Gasteiger partial charge in [-0.3, -0.25) is 0 Å². The molecular formula is H8K2N2. The van der Waals surface area contributed by atoms with Crippen LogP contribution in [0.5, 0.6) is 0 Å². The zero-order valence-electron chi connectivity index (χ0n) is 5.41. The first-order chi connectivity index (χ1) is 0. The van der Waals surface area contributed by atoms with Gasteiger partial charge < -0.3 is 15.2 Å². The quantitative estimate of drug-likeness (QED) is 0.309. The van der Waals surface area contributed by atoms with Crippen LogP contribution in [0.4, 0.5) is 0 Å². The standard InChI is InChI=1S/2K.2H3N.2H/h;;2*1H3;;/q2*+1;;;2*-1. The van der Waals surface area contributed by atoms with E-state index in [-0.39, 0.29) is 118 Å². The first kappa shape index (κ1) is 27.1. The fraction of sp³-hybridized carbons (Fsp3) is 0.